The molecule has 2 aromatic rings. The SMILES string of the molecule is Cc1[nH]c2c(c1C(=O)N[C@@H](C)CN1CCNCC1)CC/C2=C1/C(=O)Nc2ccc(F)cc21. The van der Waals surface area contributed by atoms with Crippen LogP contribution in [0.5, 0.6) is 0 Å². The number of carbonyl (C=O) groups is 2. The molecule has 2 aliphatic heterocycles. The van der Waals surface area contributed by atoms with Crippen LogP contribution in [-0.2, 0) is 11.2 Å². The number of nitrogens with one attached hydrogen (secondary N) is 4. The summed E-state index contributed by atoms with van der Waals surface area (Å²) in [5.74, 6) is -0.690. The van der Waals surface area contributed by atoms with Crippen LogP contribution in [-0.4, -0.2) is 60.5 Å². The van der Waals surface area contributed by atoms with E-state index >= 15 is 0 Å². The fourth-order valence-electron chi connectivity index (χ4n) is 5.18. The van der Waals surface area contributed by atoms with E-state index < -0.39 is 0 Å². The number of hydrogen-bond acceptors (Lipinski definition) is 4. The van der Waals surface area contributed by atoms with Crippen molar-refractivity contribution in [1.29, 1.82) is 0 Å². The Labute approximate surface area is 186 Å². The van der Waals surface area contributed by atoms with E-state index in [1.807, 2.05) is 13.8 Å². The molecule has 1 aromatic carbocycles. The van der Waals surface area contributed by atoms with Crippen molar-refractivity contribution >= 4 is 28.6 Å². The summed E-state index contributed by atoms with van der Waals surface area (Å²) in [6, 6.07) is 4.36. The van der Waals surface area contributed by atoms with Gasteiger partial charge in [0.2, 0.25) is 0 Å². The summed E-state index contributed by atoms with van der Waals surface area (Å²) in [5, 5.41) is 9.32. The smallest absolute Gasteiger partial charge is 0.256 e. The third kappa shape index (κ3) is 3.63. The van der Waals surface area contributed by atoms with Gasteiger partial charge in [-0.1, -0.05) is 0 Å². The summed E-state index contributed by atoms with van der Waals surface area (Å²) in [7, 11) is 0. The van der Waals surface area contributed by atoms with E-state index in [0.29, 0.717) is 35.2 Å². The van der Waals surface area contributed by atoms with Gasteiger partial charge in [0, 0.05) is 61.4 Å². The molecule has 5 rings (SSSR count). The maximum Gasteiger partial charge on any atom is 0.256 e. The number of amides is 2. The number of carbonyl (C=O) groups excluding carboxylic acids is 2. The molecule has 0 unspecified atom stereocenters. The molecular weight excluding hydrogens is 409 g/mol. The van der Waals surface area contributed by atoms with Gasteiger partial charge >= 0.3 is 0 Å². The molecule has 0 saturated carbocycles. The molecule has 1 aliphatic carbocycles. The van der Waals surface area contributed by atoms with Gasteiger partial charge in [0.05, 0.1) is 11.1 Å². The number of aromatic nitrogens is 1. The number of piperazine rings is 1. The van der Waals surface area contributed by atoms with Gasteiger partial charge in [-0.2, -0.15) is 0 Å². The van der Waals surface area contributed by atoms with Crippen LogP contribution >= 0.6 is 0 Å². The van der Waals surface area contributed by atoms with Crippen molar-refractivity contribution in [2.75, 3.05) is 38.0 Å². The van der Waals surface area contributed by atoms with E-state index in [2.05, 4.69) is 25.8 Å². The van der Waals surface area contributed by atoms with E-state index in [9.17, 15) is 14.0 Å². The molecule has 32 heavy (non-hydrogen) atoms. The number of halogens is 1. The average molecular weight is 438 g/mol. The number of aryl methyl sites for hydroxylation is 1. The van der Waals surface area contributed by atoms with Gasteiger partial charge in [-0.05, 0) is 56.0 Å². The first-order valence-electron chi connectivity index (χ1n) is 11.2. The maximum absolute atomic E-state index is 13.9. The first kappa shape index (κ1) is 20.9. The molecule has 1 aromatic heterocycles. The molecule has 168 valence electrons. The molecule has 2 amide bonds. The Balaban J connectivity index is 1.42. The van der Waals surface area contributed by atoms with Crippen LogP contribution < -0.4 is 16.0 Å². The molecule has 7 nitrogen and oxygen atoms in total. The lowest BCUT2D eigenvalue weighted by atomic mass is 9.99. The number of nitrogens with zero attached hydrogens (tertiary/aromatic N) is 1. The zero-order valence-corrected chi connectivity index (χ0v) is 18.4. The van der Waals surface area contributed by atoms with Crippen molar-refractivity contribution in [3.63, 3.8) is 0 Å². The zero-order chi connectivity index (χ0) is 22.4. The molecule has 1 atom stereocenters. The predicted molar refractivity (Wildman–Crippen MR) is 122 cm³/mol. The minimum absolute atomic E-state index is 0.0280. The fraction of sp³-hybridized carbons (Fsp3) is 0.417. The number of H-pyrrole nitrogens is 1. The van der Waals surface area contributed by atoms with E-state index in [1.54, 1.807) is 6.07 Å². The second kappa shape index (κ2) is 8.18. The Hall–Kier alpha value is -2.97. The summed E-state index contributed by atoms with van der Waals surface area (Å²) in [4.78, 5) is 31.6. The van der Waals surface area contributed by atoms with Crippen molar-refractivity contribution in [2.24, 2.45) is 0 Å². The second-order valence-electron chi connectivity index (χ2n) is 8.90. The maximum atomic E-state index is 13.9. The average Bonchev–Trinajstić information content (AvgIpc) is 3.38. The number of aromatic amines is 1. The van der Waals surface area contributed by atoms with Gasteiger partial charge in [0.25, 0.3) is 11.8 Å². The highest BCUT2D eigenvalue weighted by Crippen LogP contribution is 2.44. The van der Waals surface area contributed by atoms with E-state index in [-0.39, 0.29) is 23.7 Å². The fourth-order valence-corrected chi connectivity index (χ4v) is 5.18. The number of rotatable bonds is 4. The van der Waals surface area contributed by atoms with Gasteiger partial charge in [0.15, 0.2) is 0 Å². The highest BCUT2D eigenvalue weighted by Gasteiger charge is 2.34. The summed E-state index contributed by atoms with van der Waals surface area (Å²) >= 11 is 0. The van der Waals surface area contributed by atoms with Crippen LogP contribution in [0.25, 0.3) is 11.1 Å². The van der Waals surface area contributed by atoms with Gasteiger partial charge in [0.1, 0.15) is 5.82 Å². The minimum atomic E-state index is -0.377. The number of allylic oxidation sites excluding steroid dienone is 1. The Bertz CT molecular complexity index is 1130. The van der Waals surface area contributed by atoms with Crippen LogP contribution in [0.1, 0.15) is 46.2 Å². The second-order valence-corrected chi connectivity index (χ2v) is 8.90. The zero-order valence-electron chi connectivity index (χ0n) is 18.4. The largest absolute Gasteiger partial charge is 0.358 e. The normalized spacial score (nSPS) is 21.3. The molecule has 0 radical (unpaired) electrons. The van der Waals surface area contributed by atoms with Crippen LogP contribution in [0, 0.1) is 12.7 Å². The molecule has 3 aliphatic rings. The molecule has 8 heteroatoms. The lowest BCUT2D eigenvalue weighted by molar-refractivity contribution is -0.110. The van der Waals surface area contributed by atoms with Gasteiger partial charge in [-0.15, -0.1) is 0 Å². The van der Waals surface area contributed by atoms with E-state index in [1.165, 1.54) is 12.1 Å². The molecular formula is C24H28FN5O2. The van der Waals surface area contributed by atoms with Crippen LogP contribution in [0.3, 0.4) is 0 Å². The van der Waals surface area contributed by atoms with Crippen LogP contribution in [0.15, 0.2) is 18.2 Å². The van der Waals surface area contributed by atoms with Gasteiger partial charge in [-0.3, -0.25) is 14.5 Å². The Morgan fingerprint density at radius 3 is 2.81 bits per heavy atom. The van der Waals surface area contributed by atoms with Crippen LogP contribution in [0.2, 0.25) is 0 Å². The van der Waals surface area contributed by atoms with Crippen molar-refractivity contribution in [2.45, 2.75) is 32.7 Å². The van der Waals surface area contributed by atoms with E-state index in [0.717, 1.165) is 55.2 Å². The van der Waals surface area contributed by atoms with Gasteiger partial charge in [-0.25, -0.2) is 4.39 Å². The number of hydrogen-bond donors (Lipinski definition) is 4. The predicted octanol–water partition coefficient (Wildman–Crippen LogP) is 2.29. The molecule has 3 heterocycles. The topological polar surface area (TPSA) is 89.3 Å². The van der Waals surface area contributed by atoms with E-state index in [4.69, 9.17) is 0 Å². The standard InChI is InChI=1S/C24H28FN5O2/c1-13(12-30-9-7-26-8-10-30)27-23(31)20-14(2)28-22-16(20)4-5-17(22)21-18-11-15(25)3-6-19(18)29-24(21)32/h3,6,11,13,26,28H,4-5,7-10,12H2,1-2H3,(H,27,31)(H,29,32)/b21-17-/t13-/m0/s1. The lowest BCUT2D eigenvalue weighted by Gasteiger charge is -2.29. The summed E-state index contributed by atoms with van der Waals surface area (Å²) in [6.45, 7) is 8.66. The molecule has 4 N–H and O–H groups in total. The quantitative estimate of drug-likeness (QED) is 0.553. The number of anilines is 1. The van der Waals surface area contributed by atoms with Crippen molar-refractivity contribution < 1.29 is 14.0 Å². The monoisotopic (exact) mass is 437 g/mol. The van der Waals surface area contributed by atoms with Crippen molar-refractivity contribution in [3.8, 4) is 0 Å². The molecule has 0 bridgehead atoms. The lowest BCUT2D eigenvalue weighted by Crippen LogP contribution is -2.49. The highest BCUT2D eigenvalue weighted by molar-refractivity contribution is 6.37. The molecule has 1 fully saturated rings. The minimum Gasteiger partial charge on any atom is -0.358 e. The van der Waals surface area contributed by atoms with Crippen LogP contribution in [0.4, 0.5) is 10.1 Å². The molecule has 1 saturated heterocycles. The highest BCUT2D eigenvalue weighted by atomic mass is 19.1. The molecule has 0 spiro atoms. The summed E-state index contributed by atoms with van der Waals surface area (Å²) in [6.07, 6.45) is 1.31. The summed E-state index contributed by atoms with van der Waals surface area (Å²) < 4.78 is 13.9. The number of benzene rings is 1. The van der Waals surface area contributed by atoms with Crippen molar-refractivity contribution in [3.05, 3.63) is 52.1 Å². The Morgan fingerprint density at radius 1 is 1.25 bits per heavy atom. The third-order valence-electron chi connectivity index (χ3n) is 6.59. The Morgan fingerprint density at radius 2 is 2.03 bits per heavy atom. The first-order valence-corrected chi connectivity index (χ1v) is 11.2. The number of fused-ring (bicyclic) bond motifs is 2. The van der Waals surface area contributed by atoms with Crippen molar-refractivity contribution in [1.82, 2.24) is 20.5 Å². The Kier molecular flexibility index (Phi) is 5.35. The van der Waals surface area contributed by atoms with Gasteiger partial charge < -0.3 is 20.9 Å². The summed E-state index contributed by atoms with van der Waals surface area (Å²) in [5.41, 5.74) is 5.77. The first-order chi connectivity index (χ1) is 15.4. The third-order valence-corrected chi connectivity index (χ3v) is 6.59.